The second kappa shape index (κ2) is 6.23. The van der Waals surface area contributed by atoms with Gasteiger partial charge in [0.1, 0.15) is 30.8 Å². The van der Waals surface area contributed by atoms with Gasteiger partial charge in [0.05, 0.1) is 17.7 Å². The molecule has 1 aliphatic rings. The van der Waals surface area contributed by atoms with Crippen LogP contribution in [0.15, 0.2) is 22.7 Å². The van der Waals surface area contributed by atoms with Crippen molar-refractivity contribution >= 4 is 15.9 Å². The zero-order chi connectivity index (χ0) is 12.1. The number of halogens is 1. The minimum absolute atomic E-state index is 0.263. The van der Waals surface area contributed by atoms with Crippen molar-refractivity contribution in [3.8, 4) is 11.5 Å². The molecular weight excluding hydrogens is 288 g/mol. The van der Waals surface area contributed by atoms with Gasteiger partial charge in [-0.1, -0.05) is 0 Å². The minimum Gasteiger partial charge on any atom is -0.491 e. The lowest BCUT2D eigenvalue weighted by atomic mass is 10.3. The summed E-state index contributed by atoms with van der Waals surface area (Å²) in [5.41, 5.74) is 0. The number of methoxy groups -OCH3 is 1. The van der Waals surface area contributed by atoms with E-state index in [-0.39, 0.29) is 6.10 Å². The van der Waals surface area contributed by atoms with E-state index in [4.69, 9.17) is 18.9 Å². The van der Waals surface area contributed by atoms with E-state index in [0.29, 0.717) is 19.8 Å². The number of ether oxygens (including phenoxy) is 4. The predicted molar refractivity (Wildman–Crippen MR) is 66.7 cm³/mol. The molecule has 1 atom stereocenters. The van der Waals surface area contributed by atoms with Crippen molar-refractivity contribution in [3.05, 3.63) is 22.7 Å². The largest absolute Gasteiger partial charge is 0.491 e. The Balaban J connectivity index is 1.85. The molecule has 0 radical (unpaired) electrons. The van der Waals surface area contributed by atoms with Gasteiger partial charge < -0.3 is 18.9 Å². The first-order valence-corrected chi connectivity index (χ1v) is 6.24. The summed E-state index contributed by atoms with van der Waals surface area (Å²) in [6, 6.07) is 5.65. The monoisotopic (exact) mass is 302 g/mol. The van der Waals surface area contributed by atoms with Gasteiger partial charge in [0.15, 0.2) is 0 Å². The summed E-state index contributed by atoms with van der Waals surface area (Å²) in [5, 5.41) is 0. The number of epoxide rings is 1. The van der Waals surface area contributed by atoms with Gasteiger partial charge in [-0.25, -0.2) is 0 Å². The molecule has 0 saturated carbocycles. The van der Waals surface area contributed by atoms with E-state index in [2.05, 4.69) is 15.9 Å². The van der Waals surface area contributed by atoms with Gasteiger partial charge >= 0.3 is 0 Å². The molecule has 2 rings (SSSR count). The van der Waals surface area contributed by atoms with Gasteiger partial charge in [-0.15, -0.1) is 0 Å². The Morgan fingerprint density at radius 1 is 1.35 bits per heavy atom. The van der Waals surface area contributed by atoms with Crippen molar-refractivity contribution in [3.63, 3.8) is 0 Å². The second-order valence-electron chi connectivity index (χ2n) is 3.70. The molecule has 0 aliphatic carbocycles. The van der Waals surface area contributed by atoms with Crippen LogP contribution < -0.4 is 9.47 Å². The lowest BCUT2D eigenvalue weighted by Crippen LogP contribution is -2.06. The third kappa shape index (κ3) is 4.18. The SMILES string of the molecule is COCCOc1ccc(OCC2CO2)c(Br)c1. The molecule has 0 bridgehead atoms. The maximum Gasteiger partial charge on any atom is 0.133 e. The number of rotatable bonds is 7. The first-order chi connectivity index (χ1) is 8.29. The Hall–Kier alpha value is -0.780. The number of benzene rings is 1. The van der Waals surface area contributed by atoms with E-state index < -0.39 is 0 Å². The van der Waals surface area contributed by atoms with Gasteiger partial charge in [-0.05, 0) is 34.1 Å². The van der Waals surface area contributed by atoms with Crippen molar-refractivity contribution in [1.82, 2.24) is 0 Å². The fourth-order valence-electron chi connectivity index (χ4n) is 1.28. The highest BCUT2D eigenvalue weighted by molar-refractivity contribution is 9.10. The van der Waals surface area contributed by atoms with Crippen molar-refractivity contribution in [2.45, 2.75) is 6.10 Å². The fraction of sp³-hybridized carbons (Fsp3) is 0.500. The highest BCUT2D eigenvalue weighted by Crippen LogP contribution is 2.29. The van der Waals surface area contributed by atoms with E-state index in [1.54, 1.807) is 7.11 Å². The van der Waals surface area contributed by atoms with Crippen LogP contribution in [0.5, 0.6) is 11.5 Å². The van der Waals surface area contributed by atoms with Crippen LogP contribution in [-0.4, -0.2) is 39.6 Å². The van der Waals surface area contributed by atoms with Crippen LogP contribution in [-0.2, 0) is 9.47 Å². The molecule has 1 fully saturated rings. The van der Waals surface area contributed by atoms with E-state index in [1.807, 2.05) is 18.2 Å². The molecule has 94 valence electrons. The zero-order valence-corrected chi connectivity index (χ0v) is 11.2. The Labute approximate surface area is 109 Å². The van der Waals surface area contributed by atoms with Crippen molar-refractivity contribution in [1.29, 1.82) is 0 Å². The van der Waals surface area contributed by atoms with E-state index >= 15 is 0 Å². The smallest absolute Gasteiger partial charge is 0.133 e. The van der Waals surface area contributed by atoms with Gasteiger partial charge in [-0.3, -0.25) is 0 Å². The molecule has 17 heavy (non-hydrogen) atoms. The number of hydrogen-bond donors (Lipinski definition) is 0. The number of hydrogen-bond acceptors (Lipinski definition) is 4. The maximum absolute atomic E-state index is 5.59. The van der Waals surface area contributed by atoms with Gasteiger partial charge in [-0.2, -0.15) is 0 Å². The van der Waals surface area contributed by atoms with E-state index in [0.717, 1.165) is 22.6 Å². The third-order valence-electron chi connectivity index (χ3n) is 2.29. The normalized spacial score (nSPS) is 17.9. The van der Waals surface area contributed by atoms with Crippen molar-refractivity contribution in [2.75, 3.05) is 33.5 Å². The van der Waals surface area contributed by atoms with Crippen molar-refractivity contribution < 1.29 is 18.9 Å². The quantitative estimate of drug-likeness (QED) is 0.572. The van der Waals surface area contributed by atoms with Crippen LogP contribution in [0, 0.1) is 0 Å². The summed E-state index contributed by atoms with van der Waals surface area (Å²) in [6.45, 7) is 2.52. The van der Waals surface area contributed by atoms with Crippen LogP contribution in [0.4, 0.5) is 0 Å². The molecule has 1 aliphatic heterocycles. The first kappa shape index (κ1) is 12.7. The molecule has 5 heteroatoms. The Morgan fingerprint density at radius 2 is 2.18 bits per heavy atom. The lowest BCUT2D eigenvalue weighted by molar-refractivity contribution is 0.146. The van der Waals surface area contributed by atoms with Gasteiger partial charge in [0.2, 0.25) is 0 Å². The molecule has 1 saturated heterocycles. The first-order valence-electron chi connectivity index (χ1n) is 5.45. The summed E-state index contributed by atoms with van der Waals surface area (Å²) >= 11 is 3.45. The van der Waals surface area contributed by atoms with Crippen LogP contribution in [0.25, 0.3) is 0 Å². The summed E-state index contributed by atoms with van der Waals surface area (Å²) in [7, 11) is 1.65. The molecular formula is C12H15BrO4. The molecule has 1 heterocycles. The molecule has 0 N–H and O–H groups in total. The van der Waals surface area contributed by atoms with E-state index in [1.165, 1.54) is 0 Å². The topological polar surface area (TPSA) is 40.2 Å². The van der Waals surface area contributed by atoms with Crippen LogP contribution in [0.3, 0.4) is 0 Å². The van der Waals surface area contributed by atoms with Crippen LogP contribution in [0.2, 0.25) is 0 Å². The molecule has 1 unspecified atom stereocenters. The Kier molecular flexibility index (Phi) is 4.65. The van der Waals surface area contributed by atoms with Crippen molar-refractivity contribution in [2.24, 2.45) is 0 Å². The minimum atomic E-state index is 0.263. The van der Waals surface area contributed by atoms with Gasteiger partial charge in [0.25, 0.3) is 0 Å². The summed E-state index contributed by atoms with van der Waals surface area (Å²) in [5.74, 6) is 1.60. The molecule has 1 aromatic carbocycles. The van der Waals surface area contributed by atoms with Crippen LogP contribution in [0.1, 0.15) is 0 Å². The molecule has 0 amide bonds. The van der Waals surface area contributed by atoms with Gasteiger partial charge in [0, 0.05) is 7.11 Å². The Morgan fingerprint density at radius 3 is 2.82 bits per heavy atom. The fourth-order valence-corrected chi connectivity index (χ4v) is 1.75. The van der Waals surface area contributed by atoms with Crippen LogP contribution >= 0.6 is 15.9 Å². The maximum atomic E-state index is 5.59. The lowest BCUT2D eigenvalue weighted by Gasteiger charge is -2.09. The standard InChI is InChI=1S/C12H15BrO4/c1-14-4-5-15-9-2-3-12(11(13)6-9)17-8-10-7-16-10/h2-3,6,10H,4-5,7-8H2,1H3. The predicted octanol–water partition coefficient (Wildman–Crippen LogP) is 2.25. The summed E-state index contributed by atoms with van der Waals surface area (Å²) in [6.07, 6.45) is 0.263. The van der Waals surface area contributed by atoms with E-state index in [9.17, 15) is 0 Å². The Bertz CT molecular complexity index is 366. The second-order valence-corrected chi connectivity index (χ2v) is 4.55. The summed E-state index contributed by atoms with van der Waals surface area (Å²) in [4.78, 5) is 0. The molecule has 0 spiro atoms. The average Bonchev–Trinajstić information content (AvgIpc) is 3.12. The highest BCUT2D eigenvalue weighted by Gasteiger charge is 2.23. The molecule has 1 aromatic rings. The third-order valence-corrected chi connectivity index (χ3v) is 2.91. The highest BCUT2D eigenvalue weighted by atomic mass is 79.9. The molecule has 4 nitrogen and oxygen atoms in total. The average molecular weight is 303 g/mol. The summed E-state index contributed by atoms with van der Waals surface area (Å²) < 4.78 is 22.0. The zero-order valence-electron chi connectivity index (χ0n) is 9.65. The molecule has 0 aromatic heterocycles.